The fourth-order valence-electron chi connectivity index (χ4n) is 1.72. The van der Waals surface area contributed by atoms with Gasteiger partial charge in [0.1, 0.15) is 9.84 Å². The topological polar surface area (TPSA) is 67.8 Å². The number of sulfone groups is 1. The number of rotatable bonds is 4. The Hall–Kier alpha value is -1.21. The number of nitrogens with one attached hydrogen (secondary N) is 1. The van der Waals surface area contributed by atoms with E-state index in [1.54, 1.807) is 12.4 Å². The van der Waals surface area contributed by atoms with Crippen LogP contribution in [0.4, 0.5) is 0 Å². The smallest absolute Gasteiger partial charge is 0.178 e. The second-order valence-electron chi connectivity index (χ2n) is 3.96. The maximum atomic E-state index is 11.1. The van der Waals surface area contributed by atoms with Crippen LogP contribution >= 0.6 is 12.2 Å². The molecule has 2 heterocycles. The number of imidazole rings is 1. The predicted molar refractivity (Wildman–Crippen MR) is 69.2 cm³/mol. The Balaban J connectivity index is 2.24. The van der Waals surface area contributed by atoms with Crippen LogP contribution in [0.3, 0.4) is 0 Å². The van der Waals surface area contributed by atoms with Crippen LogP contribution in [-0.4, -0.2) is 35.0 Å². The van der Waals surface area contributed by atoms with Crippen molar-refractivity contribution in [2.45, 2.75) is 13.0 Å². The summed E-state index contributed by atoms with van der Waals surface area (Å²) in [5.41, 5.74) is 1.83. The summed E-state index contributed by atoms with van der Waals surface area (Å²) in [6, 6.07) is 1.86. The molecule has 2 rings (SSSR count). The van der Waals surface area contributed by atoms with E-state index < -0.39 is 9.84 Å². The van der Waals surface area contributed by atoms with Crippen molar-refractivity contribution in [1.29, 1.82) is 0 Å². The van der Waals surface area contributed by atoms with Gasteiger partial charge in [-0.3, -0.25) is 4.98 Å². The van der Waals surface area contributed by atoms with Gasteiger partial charge in [0.05, 0.1) is 23.0 Å². The monoisotopic (exact) mass is 271 g/mol. The molecule has 0 saturated heterocycles. The van der Waals surface area contributed by atoms with E-state index in [-0.39, 0.29) is 5.75 Å². The lowest BCUT2D eigenvalue weighted by Crippen LogP contribution is -2.07. The lowest BCUT2D eigenvalue weighted by Gasteiger charge is -2.03. The van der Waals surface area contributed by atoms with E-state index in [0.717, 1.165) is 11.0 Å². The fraction of sp³-hybridized carbons (Fsp3) is 0.400. The number of aromatic amines is 1. The second kappa shape index (κ2) is 4.58. The number of hydrogen-bond donors (Lipinski definition) is 1. The van der Waals surface area contributed by atoms with Gasteiger partial charge in [-0.15, -0.1) is 0 Å². The molecule has 0 aliphatic carbocycles. The molecule has 5 nitrogen and oxygen atoms in total. The van der Waals surface area contributed by atoms with E-state index in [1.165, 1.54) is 6.26 Å². The third-order valence-corrected chi connectivity index (χ3v) is 3.83. The molecule has 92 valence electrons. The Morgan fingerprint density at radius 3 is 3.00 bits per heavy atom. The molecule has 0 unspecified atom stereocenters. The Bertz CT molecular complexity index is 685. The van der Waals surface area contributed by atoms with Gasteiger partial charge < -0.3 is 9.55 Å². The molecule has 0 amide bonds. The van der Waals surface area contributed by atoms with Crippen LogP contribution in [0, 0.1) is 4.77 Å². The van der Waals surface area contributed by atoms with E-state index in [1.807, 2.05) is 10.6 Å². The van der Waals surface area contributed by atoms with E-state index in [9.17, 15) is 8.42 Å². The fourth-order valence-corrected chi connectivity index (χ4v) is 2.67. The standard InChI is InChI=1S/C10H13N3O2S2/c1-17(14,15)6-2-5-13-9-3-4-11-7-8(9)12-10(13)16/h3-4,7H,2,5-6H2,1H3,(H,12,16). The van der Waals surface area contributed by atoms with Gasteiger partial charge in [0.15, 0.2) is 4.77 Å². The minimum atomic E-state index is -2.91. The van der Waals surface area contributed by atoms with Gasteiger partial charge in [0, 0.05) is 19.0 Å². The Kier molecular flexibility index (Phi) is 3.30. The number of aromatic nitrogens is 3. The van der Waals surface area contributed by atoms with E-state index in [2.05, 4.69) is 9.97 Å². The summed E-state index contributed by atoms with van der Waals surface area (Å²) in [7, 11) is -2.91. The van der Waals surface area contributed by atoms with Gasteiger partial charge in [0.25, 0.3) is 0 Å². The zero-order valence-corrected chi connectivity index (χ0v) is 11.0. The third kappa shape index (κ3) is 2.92. The zero-order chi connectivity index (χ0) is 12.5. The average molecular weight is 271 g/mol. The highest BCUT2D eigenvalue weighted by Gasteiger charge is 2.06. The highest BCUT2D eigenvalue weighted by Crippen LogP contribution is 2.12. The predicted octanol–water partition coefficient (Wildman–Crippen LogP) is 1.53. The lowest BCUT2D eigenvalue weighted by atomic mass is 10.4. The Labute approximate surface area is 104 Å². The summed E-state index contributed by atoms with van der Waals surface area (Å²) in [5, 5.41) is 0. The molecule has 0 aliphatic rings. The van der Waals surface area contributed by atoms with Crippen LogP contribution in [0.15, 0.2) is 18.5 Å². The largest absolute Gasteiger partial charge is 0.329 e. The quantitative estimate of drug-likeness (QED) is 0.856. The third-order valence-electron chi connectivity index (χ3n) is 2.47. The minimum absolute atomic E-state index is 0.173. The Morgan fingerprint density at radius 2 is 2.29 bits per heavy atom. The maximum Gasteiger partial charge on any atom is 0.178 e. The Morgan fingerprint density at radius 1 is 1.53 bits per heavy atom. The van der Waals surface area contributed by atoms with Gasteiger partial charge in [-0.05, 0) is 24.7 Å². The van der Waals surface area contributed by atoms with Crippen LogP contribution in [0.25, 0.3) is 11.0 Å². The molecule has 0 radical (unpaired) electrons. The van der Waals surface area contributed by atoms with Crippen LogP contribution in [0.1, 0.15) is 6.42 Å². The van der Waals surface area contributed by atoms with Crippen LogP contribution in [0.2, 0.25) is 0 Å². The van der Waals surface area contributed by atoms with Crippen molar-refractivity contribution >= 4 is 33.1 Å². The molecule has 2 aromatic rings. The van der Waals surface area contributed by atoms with Crippen LogP contribution < -0.4 is 0 Å². The van der Waals surface area contributed by atoms with Crippen LogP contribution in [0.5, 0.6) is 0 Å². The van der Waals surface area contributed by atoms with E-state index in [0.29, 0.717) is 17.7 Å². The van der Waals surface area contributed by atoms with Crippen molar-refractivity contribution in [3.8, 4) is 0 Å². The summed E-state index contributed by atoms with van der Waals surface area (Å²) in [4.78, 5) is 7.04. The minimum Gasteiger partial charge on any atom is -0.329 e. The molecular formula is C10H13N3O2S2. The van der Waals surface area contributed by atoms with E-state index in [4.69, 9.17) is 12.2 Å². The molecule has 0 atom stereocenters. The van der Waals surface area contributed by atoms with Crippen molar-refractivity contribution in [3.05, 3.63) is 23.2 Å². The van der Waals surface area contributed by atoms with Gasteiger partial charge >= 0.3 is 0 Å². The normalized spacial score (nSPS) is 12.1. The lowest BCUT2D eigenvalue weighted by molar-refractivity contribution is 0.592. The van der Waals surface area contributed by atoms with E-state index >= 15 is 0 Å². The summed E-state index contributed by atoms with van der Waals surface area (Å²) >= 11 is 5.19. The summed E-state index contributed by atoms with van der Waals surface area (Å²) < 4.78 is 24.6. The number of fused-ring (bicyclic) bond motifs is 1. The summed E-state index contributed by atoms with van der Waals surface area (Å²) in [5.74, 6) is 0.173. The molecule has 0 aromatic carbocycles. The first-order valence-electron chi connectivity index (χ1n) is 5.17. The first-order valence-corrected chi connectivity index (χ1v) is 7.64. The van der Waals surface area contributed by atoms with Crippen molar-refractivity contribution in [2.75, 3.05) is 12.0 Å². The molecule has 0 saturated carbocycles. The molecule has 0 aliphatic heterocycles. The van der Waals surface area contributed by atoms with Gasteiger partial charge in [-0.25, -0.2) is 8.42 Å². The molecule has 1 N–H and O–H groups in total. The first-order chi connectivity index (χ1) is 7.97. The highest BCUT2D eigenvalue weighted by molar-refractivity contribution is 7.90. The average Bonchev–Trinajstić information content (AvgIpc) is 2.54. The van der Waals surface area contributed by atoms with Gasteiger partial charge in [-0.1, -0.05) is 0 Å². The van der Waals surface area contributed by atoms with Gasteiger partial charge in [-0.2, -0.15) is 0 Å². The number of nitrogens with zero attached hydrogens (tertiary/aromatic N) is 2. The molecule has 0 fully saturated rings. The van der Waals surface area contributed by atoms with Crippen molar-refractivity contribution in [1.82, 2.24) is 14.5 Å². The second-order valence-corrected chi connectivity index (χ2v) is 6.60. The van der Waals surface area contributed by atoms with Crippen molar-refractivity contribution in [3.63, 3.8) is 0 Å². The highest BCUT2D eigenvalue weighted by atomic mass is 32.2. The summed E-state index contributed by atoms with van der Waals surface area (Å²) in [6.45, 7) is 0.593. The zero-order valence-electron chi connectivity index (χ0n) is 9.38. The number of hydrogen-bond acceptors (Lipinski definition) is 4. The number of aryl methyl sites for hydroxylation is 1. The number of H-pyrrole nitrogens is 1. The summed E-state index contributed by atoms with van der Waals surface area (Å²) in [6.07, 6.45) is 5.20. The maximum absolute atomic E-state index is 11.1. The van der Waals surface area contributed by atoms with Crippen molar-refractivity contribution in [2.24, 2.45) is 0 Å². The number of pyridine rings is 1. The SMILES string of the molecule is CS(=O)(=O)CCCn1c(=S)[nH]c2cnccc21. The first kappa shape index (κ1) is 12.3. The molecular weight excluding hydrogens is 258 g/mol. The van der Waals surface area contributed by atoms with Crippen molar-refractivity contribution < 1.29 is 8.42 Å². The molecule has 17 heavy (non-hydrogen) atoms. The van der Waals surface area contributed by atoms with Gasteiger partial charge in [0.2, 0.25) is 0 Å². The molecule has 0 bridgehead atoms. The molecule has 7 heteroatoms. The molecule has 2 aromatic heterocycles. The van der Waals surface area contributed by atoms with Crippen LogP contribution in [-0.2, 0) is 16.4 Å². The molecule has 0 spiro atoms.